The van der Waals surface area contributed by atoms with Gasteiger partial charge in [-0.15, -0.1) is 0 Å². The third kappa shape index (κ3) is 4.30. The molecule has 23 heavy (non-hydrogen) atoms. The number of carbonyl (C=O) groups excluding carboxylic acids is 2. The lowest BCUT2D eigenvalue weighted by atomic mass is 10.1. The molecule has 0 unspecified atom stereocenters. The van der Waals surface area contributed by atoms with Gasteiger partial charge in [-0.25, -0.2) is 4.39 Å². The van der Waals surface area contributed by atoms with Gasteiger partial charge in [-0.1, -0.05) is 12.1 Å². The normalized spacial score (nSPS) is 18.7. The van der Waals surface area contributed by atoms with Crippen molar-refractivity contribution >= 4 is 11.8 Å². The molecule has 0 bridgehead atoms. The van der Waals surface area contributed by atoms with Crippen molar-refractivity contribution in [3.63, 3.8) is 0 Å². The number of hydrogen-bond donors (Lipinski definition) is 0. The summed E-state index contributed by atoms with van der Waals surface area (Å²) in [6.07, 6.45) is 3.82. The molecular formula is C18H23FN2O2. The van der Waals surface area contributed by atoms with E-state index >= 15 is 0 Å². The smallest absolute Gasteiger partial charge is 0.225 e. The van der Waals surface area contributed by atoms with Gasteiger partial charge in [-0.3, -0.25) is 9.59 Å². The second-order valence-corrected chi connectivity index (χ2v) is 6.46. The van der Waals surface area contributed by atoms with E-state index in [2.05, 4.69) is 0 Å². The summed E-state index contributed by atoms with van der Waals surface area (Å²) in [4.78, 5) is 28.2. The quantitative estimate of drug-likeness (QED) is 0.854. The summed E-state index contributed by atoms with van der Waals surface area (Å²) in [6.45, 7) is 2.71. The van der Waals surface area contributed by atoms with Gasteiger partial charge in [0.25, 0.3) is 0 Å². The fourth-order valence-electron chi connectivity index (χ4n) is 3.08. The molecule has 0 spiro atoms. The largest absolute Gasteiger partial charge is 0.341 e. The third-order valence-electron chi connectivity index (χ3n) is 4.60. The van der Waals surface area contributed by atoms with Crippen molar-refractivity contribution in [2.45, 2.75) is 32.1 Å². The molecule has 0 N–H and O–H groups in total. The van der Waals surface area contributed by atoms with Crippen molar-refractivity contribution in [1.29, 1.82) is 0 Å². The minimum absolute atomic E-state index is 0.0926. The number of carbonyl (C=O) groups is 2. The Kier molecular flexibility index (Phi) is 4.94. The monoisotopic (exact) mass is 318 g/mol. The molecule has 0 radical (unpaired) electrons. The first kappa shape index (κ1) is 16.0. The summed E-state index contributed by atoms with van der Waals surface area (Å²) in [7, 11) is 0. The predicted molar refractivity (Wildman–Crippen MR) is 85.2 cm³/mol. The minimum Gasteiger partial charge on any atom is -0.341 e. The molecule has 1 saturated heterocycles. The van der Waals surface area contributed by atoms with E-state index in [-0.39, 0.29) is 23.5 Å². The van der Waals surface area contributed by atoms with Gasteiger partial charge in [-0.2, -0.15) is 0 Å². The molecule has 0 aromatic heterocycles. The molecule has 4 nitrogen and oxygen atoms in total. The van der Waals surface area contributed by atoms with Crippen molar-refractivity contribution < 1.29 is 14.0 Å². The van der Waals surface area contributed by atoms with Crippen LogP contribution in [-0.2, 0) is 16.0 Å². The maximum atomic E-state index is 13.2. The molecule has 124 valence electrons. The SMILES string of the molecule is O=C(CCc1cccc(F)c1)N1CCCN(C(=O)C2CC2)CC1. The molecule has 0 atom stereocenters. The number of halogens is 1. The first-order valence-electron chi connectivity index (χ1n) is 8.44. The number of aryl methyl sites for hydroxylation is 1. The van der Waals surface area contributed by atoms with Crippen LogP contribution in [-0.4, -0.2) is 47.8 Å². The van der Waals surface area contributed by atoms with Gasteiger partial charge in [0, 0.05) is 38.5 Å². The van der Waals surface area contributed by atoms with Gasteiger partial charge in [0.15, 0.2) is 0 Å². The van der Waals surface area contributed by atoms with Crippen LogP contribution in [0.15, 0.2) is 24.3 Å². The van der Waals surface area contributed by atoms with Crippen molar-refractivity contribution in [3.05, 3.63) is 35.6 Å². The van der Waals surface area contributed by atoms with Gasteiger partial charge < -0.3 is 9.80 Å². The Morgan fingerprint density at radius 1 is 1.09 bits per heavy atom. The Bertz CT molecular complexity index is 586. The van der Waals surface area contributed by atoms with E-state index < -0.39 is 0 Å². The Morgan fingerprint density at radius 2 is 1.83 bits per heavy atom. The van der Waals surface area contributed by atoms with E-state index in [0.29, 0.717) is 32.5 Å². The van der Waals surface area contributed by atoms with Crippen LogP contribution in [0.2, 0.25) is 0 Å². The molecule has 2 fully saturated rings. The molecule has 1 aromatic rings. The lowest BCUT2D eigenvalue weighted by Gasteiger charge is -2.22. The lowest BCUT2D eigenvalue weighted by Crippen LogP contribution is -2.38. The maximum absolute atomic E-state index is 13.2. The lowest BCUT2D eigenvalue weighted by molar-refractivity contribution is -0.134. The van der Waals surface area contributed by atoms with Crippen molar-refractivity contribution in [1.82, 2.24) is 9.80 Å². The number of benzene rings is 1. The molecule has 1 aliphatic heterocycles. The Morgan fingerprint density at radius 3 is 2.57 bits per heavy atom. The van der Waals surface area contributed by atoms with Crippen LogP contribution >= 0.6 is 0 Å². The van der Waals surface area contributed by atoms with Gasteiger partial charge in [0.05, 0.1) is 0 Å². The maximum Gasteiger partial charge on any atom is 0.225 e. The second kappa shape index (κ2) is 7.11. The number of rotatable bonds is 4. The summed E-state index contributed by atoms with van der Waals surface area (Å²) < 4.78 is 13.2. The van der Waals surface area contributed by atoms with Crippen molar-refractivity contribution in [2.24, 2.45) is 5.92 Å². The second-order valence-electron chi connectivity index (χ2n) is 6.46. The zero-order valence-electron chi connectivity index (χ0n) is 13.3. The summed E-state index contributed by atoms with van der Waals surface area (Å²) in [6, 6.07) is 6.40. The van der Waals surface area contributed by atoms with Crippen LogP contribution in [0, 0.1) is 11.7 Å². The van der Waals surface area contributed by atoms with Gasteiger partial charge in [0.2, 0.25) is 11.8 Å². The summed E-state index contributed by atoms with van der Waals surface area (Å²) in [5.74, 6) is 0.332. The molecule has 3 rings (SSSR count). The highest BCUT2D eigenvalue weighted by atomic mass is 19.1. The molecule has 1 heterocycles. The molecule has 5 heteroatoms. The average Bonchev–Trinajstić information content (AvgIpc) is 3.38. The topological polar surface area (TPSA) is 40.6 Å². The van der Waals surface area contributed by atoms with Crippen LogP contribution in [0.1, 0.15) is 31.2 Å². The van der Waals surface area contributed by atoms with E-state index in [1.165, 1.54) is 12.1 Å². The molecule has 2 aliphatic rings. The van der Waals surface area contributed by atoms with Gasteiger partial charge >= 0.3 is 0 Å². The highest BCUT2D eigenvalue weighted by Gasteiger charge is 2.34. The summed E-state index contributed by atoms with van der Waals surface area (Å²) in [5.41, 5.74) is 0.846. The first-order valence-corrected chi connectivity index (χ1v) is 8.44. The van der Waals surface area contributed by atoms with E-state index in [4.69, 9.17) is 0 Å². The fourth-order valence-corrected chi connectivity index (χ4v) is 3.08. The average molecular weight is 318 g/mol. The minimum atomic E-state index is -0.265. The van der Waals surface area contributed by atoms with E-state index in [0.717, 1.165) is 31.4 Å². The van der Waals surface area contributed by atoms with Crippen LogP contribution < -0.4 is 0 Å². The van der Waals surface area contributed by atoms with Crippen molar-refractivity contribution in [3.8, 4) is 0 Å². The number of amides is 2. The molecule has 1 aliphatic carbocycles. The third-order valence-corrected chi connectivity index (χ3v) is 4.60. The Balaban J connectivity index is 1.48. The van der Waals surface area contributed by atoms with Crippen LogP contribution in [0.4, 0.5) is 4.39 Å². The van der Waals surface area contributed by atoms with Gasteiger partial charge in [0.1, 0.15) is 5.82 Å². The zero-order valence-corrected chi connectivity index (χ0v) is 13.3. The fraction of sp³-hybridized carbons (Fsp3) is 0.556. The van der Waals surface area contributed by atoms with Crippen molar-refractivity contribution in [2.75, 3.05) is 26.2 Å². The molecule has 1 aromatic carbocycles. The standard InChI is InChI=1S/C18H23FN2O2/c19-16-4-1-3-14(13-16)5-8-17(22)20-9-2-10-21(12-11-20)18(23)15-6-7-15/h1,3-4,13,15H,2,5-12H2. The highest BCUT2D eigenvalue weighted by Crippen LogP contribution is 2.31. The van der Waals surface area contributed by atoms with E-state index in [9.17, 15) is 14.0 Å². The molecule has 2 amide bonds. The molecular weight excluding hydrogens is 295 g/mol. The Hall–Kier alpha value is -1.91. The summed E-state index contributed by atoms with van der Waals surface area (Å²) >= 11 is 0. The first-order chi connectivity index (χ1) is 11.1. The van der Waals surface area contributed by atoms with E-state index in [1.807, 2.05) is 15.9 Å². The van der Waals surface area contributed by atoms with E-state index in [1.54, 1.807) is 6.07 Å². The molecule has 1 saturated carbocycles. The number of hydrogen-bond acceptors (Lipinski definition) is 2. The van der Waals surface area contributed by atoms with Crippen LogP contribution in [0.3, 0.4) is 0 Å². The summed E-state index contributed by atoms with van der Waals surface area (Å²) in [5, 5.41) is 0. The van der Waals surface area contributed by atoms with Crippen LogP contribution in [0.25, 0.3) is 0 Å². The van der Waals surface area contributed by atoms with Crippen LogP contribution in [0.5, 0.6) is 0 Å². The van der Waals surface area contributed by atoms with Gasteiger partial charge in [-0.05, 0) is 43.4 Å². The highest BCUT2D eigenvalue weighted by molar-refractivity contribution is 5.81. The number of nitrogens with zero attached hydrogens (tertiary/aromatic N) is 2. The zero-order chi connectivity index (χ0) is 16.2. The predicted octanol–water partition coefficient (Wildman–Crippen LogP) is 2.23. The Labute approximate surface area is 136 Å².